The molecule has 1 aromatic carbocycles. The molecule has 2 aromatic rings. The van der Waals surface area contributed by atoms with Gasteiger partial charge in [-0.3, -0.25) is 14.9 Å². The molecule has 0 radical (unpaired) electrons. The van der Waals surface area contributed by atoms with E-state index >= 15 is 0 Å². The van der Waals surface area contributed by atoms with Gasteiger partial charge in [-0.05, 0) is 24.6 Å². The summed E-state index contributed by atoms with van der Waals surface area (Å²) >= 11 is 0. The molecule has 6 nitrogen and oxygen atoms in total. The van der Waals surface area contributed by atoms with Gasteiger partial charge in [-0.2, -0.15) is 0 Å². The molecule has 0 spiro atoms. The number of rotatable bonds is 3. The zero-order valence-electron chi connectivity index (χ0n) is 10.3. The molecular formula is C12H12N2O4. The number of fused-ring (bicyclic) bond motifs is 1. The van der Waals surface area contributed by atoms with Crippen molar-refractivity contribution in [3.8, 4) is 5.75 Å². The van der Waals surface area contributed by atoms with Gasteiger partial charge in [-0.25, -0.2) is 0 Å². The average molecular weight is 248 g/mol. The third kappa shape index (κ3) is 1.46. The summed E-state index contributed by atoms with van der Waals surface area (Å²) < 4.78 is 6.66. The van der Waals surface area contributed by atoms with Crippen molar-refractivity contribution in [2.24, 2.45) is 7.05 Å². The summed E-state index contributed by atoms with van der Waals surface area (Å²) in [6, 6.07) is 3.25. The minimum absolute atomic E-state index is 0.101. The maximum atomic E-state index is 11.2. The van der Waals surface area contributed by atoms with Crippen molar-refractivity contribution in [2.75, 3.05) is 7.11 Å². The zero-order chi connectivity index (χ0) is 13.4. The number of carbonyl (C=O) groups excluding carboxylic acids is 1. The molecule has 1 aromatic heterocycles. The summed E-state index contributed by atoms with van der Waals surface area (Å²) in [7, 11) is 3.09. The Morgan fingerprint density at radius 1 is 1.44 bits per heavy atom. The third-order valence-electron chi connectivity index (χ3n) is 3.11. The Hall–Kier alpha value is -2.37. The van der Waals surface area contributed by atoms with E-state index in [-0.39, 0.29) is 11.4 Å². The minimum atomic E-state index is -0.483. The van der Waals surface area contributed by atoms with E-state index in [1.807, 2.05) is 0 Å². The lowest BCUT2D eigenvalue weighted by Crippen LogP contribution is -1.95. The lowest BCUT2D eigenvalue weighted by Gasteiger charge is -2.03. The molecule has 0 aliphatic rings. The van der Waals surface area contributed by atoms with Crippen LogP contribution in [0.3, 0.4) is 0 Å². The number of hydrogen-bond donors (Lipinski definition) is 0. The van der Waals surface area contributed by atoms with Gasteiger partial charge in [-0.1, -0.05) is 0 Å². The molecule has 2 rings (SSSR count). The molecule has 0 aliphatic carbocycles. The molecular weight excluding hydrogens is 236 g/mol. The number of hydrogen-bond acceptors (Lipinski definition) is 4. The number of methoxy groups -OCH3 is 1. The first kappa shape index (κ1) is 12.1. The van der Waals surface area contributed by atoms with Gasteiger partial charge in [0.15, 0.2) is 12.0 Å². The second-order valence-corrected chi connectivity index (χ2v) is 3.95. The van der Waals surface area contributed by atoms with Crippen molar-refractivity contribution in [1.82, 2.24) is 4.57 Å². The molecule has 0 amide bonds. The highest BCUT2D eigenvalue weighted by Gasteiger charge is 2.25. The molecule has 0 bridgehead atoms. The molecule has 0 saturated heterocycles. The summed E-state index contributed by atoms with van der Waals surface area (Å²) in [6.07, 6.45) is 0.700. The van der Waals surface area contributed by atoms with E-state index in [2.05, 4.69) is 0 Å². The van der Waals surface area contributed by atoms with Crippen LogP contribution >= 0.6 is 0 Å². The fraction of sp³-hybridized carbons (Fsp3) is 0.250. The summed E-state index contributed by atoms with van der Waals surface area (Å²) in [4.78, 5) is 21.7. The Kier molecular flexibility index (Phi) is 2.78. The Balaban J connectivity index is 3.01. The zero-order valence-corrected chi connectivity index (χ0v) is 10.3. The smallest absolute Gasteiger partial charge is 0.320 e. The third-order valence-corrected chi connectivity index (χ3v) is 3.11. The topological polar surface area (TPSA) is 74.4 Å². The SMILES string of the molecule is COc1ccc2c(c(C)c(C=O)n2C)c1[N+](=O)[O-]. The second kappa shape index (κ2) is 4.14. The fourth-order valence-electron chi connectivity index (χ4n) is 2.23. The molecule has 0 atom stereocenters. The summed E-state index contributed by atoms with van der Waals surface area (Å²) in [5.74, 6) is 0.193. The van der Waals surface area contributed by atoms with Crippen molar-refractivity contribution in [1.29, 1.82) is 0 Å². The van der Waals surface area contributed by atoms with E-state index in [0.29, 0.717) is 28.4 Å². The number of aryl methyl sites for hydroxylation is 2. The summed E-state index contributed by atoms with van der Waals surface area (Å²) in [5.41, 5.74) is 1.56. The van der Waals surface area contributed by atoms with Crippen molar-refractivity contribution in [3.05, 3.63) is 33.5 Å². The number of nitro groups is 1. The number of nitro benzene ring substituents is 1. The molecule has 6 heteroatoms. The van der Waals surface area contributed by atoms with Crippen molar-refractivity contribution in [2.45, 2.75) is 6.92 Å². The van der Waals surface area contributed by atoms with Crippen molar-refractivity contribution >= 4 is 22.9 Å². The van der Waals surface area contributed by atoms with E-state index in [0.717, 1.165) is 0 Å². The predicted octanol–water partition coefficient (Wildman–Crippen LogP) is 2.22. The quantitative estimate of drug-likeness (QED) is 0.474. The van der Waals surface area contributed by atoms with Crippen LogP contribution in [0, 0.1) is 17.0 Å². The van der Waals surface area contributed by atoms with Crippen LogP contribution < -0.4 is 4.74 Å². The van der Waals surface area contributed by atoms with E-state index in [1.165, 1.54) is 13.2 Å². The maximum absolute atomic E-state index is 11.2. The van der Waals surface area contributed by atoms with Crippen molar-refractivity contribution < 1.29 is 14.5 Å². The predicted molar refractivity (Wildman–Crippen MR) is 66.2 cm³/mol. The maximum Gasteiger partial charge on any atom is 0.320 e. The van der Waals surface area contributed by atoms with Gasteiger partial charge in [0.2, 0.25) is 0 Å². The van der Waals surface area contributed by atoms with Crippen LogP contribution in [0.25, 0.3) is 10.9 Å². The van der Waals surface area contributed by atoms with E-state index in [9.17, 15) is 14.9 Å². The monoisotopic (exact) mass is 248 g/mol. The standard InChI is InChI=1S/C12H12N2O4/c1-7-9(6-15)13(2)8-4-5-10(18-3)12(11(7)8)14(16)17/h4-6H,1-3H3. The average Bonchev–Trinajstić information content (AvgIpc) is 2.60. The van der Waals surface area contributed by atoms with E-state index < -0.39 is 4.92 Å². The second-order valence-electron chi connectivity index (χ2n) is 3.95. The van der Waals surface area contributed by atoms with Gasteiger partial charge in [-0.15, -0.1) is 0 Å². The van der Waals surface area contributed by atoms with Crippen LogP contribution in [-0.2, 0) is 7.05 Å². The lowest BCUT2D eigenvalue weighted by atomic mass is 10.1. The highest BCUT2D eigenvalue weighted by molar-refractivity contribution is 6.00. The van der Waals surface area contributed by atoms with Crippen LogP contribution in [0.15, 0.2) is 12.1 Å². The normalized spacial score (nSPS) is 10.6. The van der Waals surface area contributed by atoms with Crippen LogP contribution in [0.4, 0.5) is 5.69 Å². The highest BCUT2D eigenvalue weighted by Crippen LogP contribution is 2.38. The van der Waals surface area contributed by atoms with Gasteiger partial charge in [0, 0.05) is 7.05 Å². The number of benzene rings is 1. The Labute approximate surface area is 103 Å². The van der Waals surface area contributed by atoms with Gasteiger partial charge in [0.05, 0.1) is 28.6 Å². The minimum Gasteiger partial charge on any atom is -0.490 e. The lowest BCUT2D eigenvalue weighted by molar-refractivity contribution is -0.384. The first-order valence-electron chi connectivity index (χ1n) is 5.28. The molecule has 0 fully saturated rings. The summed E-state index contributed by atoms with van der Waals surface area (Å²) in [6.45, 7) is 1.69. The fourth-order valence-corrected chi connectivity index (χ4v) is 2.23. The molecule has 0 unspecified atom stereocenters. The Morgan fingerprint density at radius 3 is 2.61 bits per heavy atom. The summed E-state index contributed by atoms with van der Waals surface area (Å²) in [5, 5.41) is 11.6. The molecule has 94 valence electrons. The molecule has 0 aliphatic heterocycles. The van der Waals surface area contributed by atoms with Gasteiger partial charge in [0.1, 0.15) is 0 Å². The molecule has 1 heterocycles. The number of nitrogens with zero attached hydrogens (tertiary/aromatic N) is 2. The van der Waals surface area contributed by atoms with E-state index in [1.54, 1.807) is 24.6 Å². The molecule has 18 heavy (non-hydrogen) atoms. The number of aldehydes is 1. The number of carbonyl (C=O) groups is 1. The van der Waals surface area contributed by atoms with Crippen LogP contribution in [0.1, 0.15) is 16.1 Å². The largest absolute Gasteiger partial charge is 0.490 e. The van der Waals surface area contributed by atoms with Crippen LogP contribution in [0.5, 0.6) is 5.75 Å². The highest BCUT2D eigenvalue weighted by atomic mass is 16.6. The Bertz CT molecular complexity index is 658. The molecule has 0 N–H and O–H groups in total. The van der Waals surface area contributed by atoms with Gasteiger partial charge >= 0.3 is 5.69 Å². The van der Waals surface area contributed by atoms with Crippen LogP contribution in [0.2, 0.25) is 0 Å². The van der Waals surface area contributed by atoms with Crippen molar-refractivity contribution in [3.63, 3.8) is 0 Å². The van der Waals surface area contributed by atoms with Gasteiger partial charge < -0.3 is 9.30 Å². The number of aromatic nitrogens is 1. The molecule has 0 saturated carbocycles. The Morgan fingerprint density at radius 2 is 2.11 bits per heavy atom. The first-order valence-corrected chi connectivity index (χ1v) is 5.28. The van der Waals surface area contributed by atoms with E-state index in [4.69, 9.17) is 4.74 Å². The number of ether oxygens (including phenoxy) is 1. The van der Waals surface area contributed by atoms with Gasteiger partial charge in [0.25, 0.3) is 0 Å². The van der Waals surface area contributed by atoms with Crippen LogP contribution in [-0.4, -0.2) is 22.9 Å². The first-order chi connectivity index (χ1) is 8.52.